The fraction of sp³-hybridized carbons (Fsp3) is 0.217. The average Bonchev–Trinajstić information content (AvgIpc) is 2.75. The Hall–Kier alpha value is -2.69. The van der Waals surface area contributed by atoms with Crippen LogP contribution in [0.1, 0.15) is 11.1 Å². The summed E-state index contributed by atoms with van der Waals surface area (Å²) in [5.41, 5.74) is 5.32. The van der Waals surface area contributed by atoms with Crippen LogP contribution in [0.2, 0.25) is 5.02 Å². The molecular formula is C23H21ClN3O. The molecule has 0 saturated carbocycles. The summed E-state index contributed by atoms with van der Waals surface area (Å²) >= 11 is 6.03. The van der Waals surface area contributed by atoms with E-state index in [4.69, 9.17) is 11.6 Å². The van der Waals surface area contributed by atoms with Gasteiger partial charge in [-0.05, 0) is 53.6 Å². The van der Waals surface area contributed by atoms with Gasteiger partial charge in [0.05, 0.1) is 0 Å². The third kappa shape index (κ3) is 4.24. The molecule has 0 atom stereocenters. The van der Waals surface area contributed by atoms with E-state index in [1.807, 2.05) is 67.2 Å². The zero-order valence-electron chi connectivity index (χ0n) is 15.5. The molecule has 1 aliphatic rings. The Morgan fingerprint density at radius 1 is 0.929 bits per heavy atom. The van der Waals surface area contributed by atoms with Crippen LogP contribution in [0.4, 0.5) is 5.69 Å². The molecule has 0 N–H and O–H groups in total. The molecule has 2 heterocycles. The molecule has 0 unspecified atom stereocenters. The van der Waals surface area contributed by atoms with Gasteiger partial charge in [-0.3, -0.25) is 14.7 Å². The second-order valence-electron chi connectivity index (χ2n) is 6.95. The second-order valence-corrected chi connectivity index (χ2v) is 7.39. The largest absolute Gasteiger partial charge is 0.369 e. The number of hydrogen-bond donors (Lipinski definition) is 0. The lowest BCUT2D eigenvalue weighted by Crippen LogP contribution is -2.46. The maximum atomic E-state index is 10.7. The molecule has 0 spiro atoms. The van der Waals surface area contributed by atoms with Gasteiger partial charge < -0.3 is 4.90 Å². The van der Waals surface area contributed by atoms with Crippen molar-refractivity contribution in [3.05, 3.63) is 83.1 Å². The van der Waals surface area contributed by atoms with Crippen molar-refractivity contribution < 1.29 is 4.79 Å². The van der Waals surface area contributed by atoms with Crippen molar-refractivity contribution in [2.75, 3.05) is 31.1 Å². The van der Waals surface area contributed by atoms with Crippen molar-refractivity contribution in [1.82, 2.24) is 9.88 Å². The van der Waals surface area contributed by atoms with Crippen LogP contribution in [-0.2, 0) is 11.3 Å². The van der Waals surface area contributed by atoms with Crippen molar-refractivity contribution in [1.29, 1.82) is 0 Å². The lowest BCUT2D eigenvalue weighted by atomic mass is 10.0. The molecular weight excluding hydrogens is 370 g/mol. The molecule has 3 aromatic rings. The van der Waals surface area contributed by atoms with E-state index in [9.17, 15) is 4.79 Å². The van der Waals surface area contributed by atoms with Crippen LogP contribution >= 0.6 is 11.6 Å². The lowest BCUT2D eigenvalue weighted by Gasteiger charge is -2.36. The number of piperazine rings is 1. The molecule has 0 amide bonds. The third-order valence-corrected chi connectivity index (χ3v) is 5.44. The maximum absolute atomic E-state index is 10.7. The van der Waals surface area contributed by atoms with Crippen LogP contribution in [0.5, 0.6) is 0 Å². The summed E-state index contributed by atoms with van der Waals surface area (Å²) in [6.07, 6.45) is 5.71. The van der Waals surface area contributed by atoms with Crippen LogP contribution in [0, 0.1) is 0 Å². The molecule has 1 saturated heterocycles. The van der Waals surface area contributed by atoms with Gasteiger partial charge >= 0.3 is 0 Å². The third-order valence-electron chi connectivity index (χ3n) is 5.18. The molecule has 1 radical (unpaired) electrons. The van der Waals surface area contributed by atoms with E-state index in [0.717, 1.165) is 54.6 Å². The first-order valence-corrected chi connectivity index (χ1v) is 9.75. The number of pyridine rings is 1. The minimum absolute atomic E-state index is 0.592. The van der Waals surface area contributed by atoms with Crippen molar-refractivity contribution in [3.63, 3.8) is 0 Å². The van der Waals surface area contributed by atoms with Crippen molar-refractivity contribution in [2.45, 2.75) is 6.54 Å². The molecule has 1 aliphatic heterocycles. The number of carbonyl (C=O) groups excluding carboxylic acids is 1. The summed E-state index contributed by atoms with van der Waals surface area (Å²) < 4.78 is 0. The minimum atomic E-state index is 0.592. The summed E-state index contributed by atoms with van der Waals surface area (Å²) in [6, 6.07) is 17.7. The Balaban J connectivity index is 1.42. The van der Waals surface area contributed by atoms with Gasteiger partial charge in [-0.15, -0.1) is 0 Å². The van der Waals surface area contributed by atoms with Crippen LogP contribution < -0.4 is 4.90 Å². The molecule has 2 aromatic carbocycles. The zero-order chi connectivity index (χ0) is 19.3. The number of nitrogens with zero attached hydrogens (tertiary/aromatic N) is 3. The SMILES string of the molecule is O=[C]c1ccc(N2CCN(Cc3ccncc3-c3ccc(Cl)cc3)CC2)cc1. The molecule has 0 aliphatic carbocycles. The second kappa shape index (κ2) is 8.55. The first kappa shape index (κ1) is 18.7. The molecule has 5 heteroatoms. The van der Waals surface area contributed by atoms with Crippen molar-refractivity contribution >= 4 is 23.6 Å². The van der Waals surface area contributed by atoms with Gasteiger partial charge in [0.25, 0.3) is 0 Å². The van der Waals surface area contributed by atoms with Gasteiger partial charge in [0.1, 0.15) is 0 Å². The highest BCUT2D eigenvalue weighted by atomic mass is 35.5. The van der Waals surface area contributed by atoms with E-state index in [1.165, 1.54) is 5.56 Å². The summed E-state index contributed by atoms with van der Waals surface area (Å²) in [4.78, 5) is 19.8. The monoisotopic (exact) mass is 390 g/mol. The van der Waals surface area contributed by atoms with Crippen molar-refractivity contribution in [3.8, 4) is 11.1 Å². The van der Waals surface area contributed by atoms with E-state index >= 15 is 0 Å². The molecule has 28 heavy (non-hydrogen) atoms. The first-order chi connectivity index (χ1) is 13.7. The van der Waals surface area contributed by atoms with E-state index < -0.39 is 0 Å². The number of hydrogen-bond acceptors (Lipinski definition) is 4. The van der Waals surface area contributed by atoms with Gasteiger partial charge in [0, 0.05) is 67.0 Å². The number of rotatable bonds is 5. The van der Waals surface area contributed by atoms with Crippen molar-refractivity contribution in [2.24, 2.45) is 0 Å². The predicted octanol–water partition coefficient (Wildman–Crippen LogP) is 4.18. The number of halogens is 1. The minimum Gasteiger partial charge on any atom is -0.369 e. The summed E-state index contributed by atoms with van der Waals surface area (Å²) in [7, 11) is 0. The standard InChI is InChI=1S/C23H21ClN3O/c24-21-5-3-19(4-6-21)23-15-25-10-9-20(23)16-26-11-13-27(14-12-26)22-7-1-18(17-28)2-8-22/h1-10,15H,11-14,16H2. The van der Waals surface area contributed by atoms with E-state index in [1.54, 1.807) is 0 Å². The van der Waals surface area contributed by atoms with Crippen LogP contribution in [0.25, 0.3) is 11.1 Å². The summed E-state index contributed by atoms with van der Waals surface area (Å²) in [6.45, 7) is 4.80. The Morgan fingerprint density at radius 2 is 1.64 bits per heavy atom. The summed E-state index contributed by atoms with van der Waals surface area (Å²) in [5.74, 6) is 0. The highest BCUT2D eigenvalue weighted by molar-refractivity contribution is 6.30. The fourth-order valence-electron chi connectivity index (χ4n) is 3.60. The quantitative estimate of drug-likeness (QED) is 0.654. The van der Waals surface area contributed by atoms with Gasteiger partial charge in [0.2, 0.25) is 6.29 Å². The normalized spacial score (nSPS) is 14.8. The fourth-order valence-corrected chi connectivity index (χ4v) is 3.72. The number of benzene rings is 2. The first-order valence-electron chi connectivity index (χ1n) is 9.37. The zero-order valence-corrected chi connectivity index (χ0v) is 16.3. The van der Waals surface area contributed by atoms with E-state index in [2.05, 4.69) is 20.9 Å². The van der Waals surface area contributed by atoms with Gasteiger partial charge in [0.15, 0.2) is 0 Å². The maximum Gasteiger partial charge on any atom is 0.233 e. The smallest absolute Gasteiger partial charge is 0.233 e. The molecule has 141 valence electrons. The Labute approximate surface area is 170 Å². The highest BCUT2D eigenvalue weighted by Gasteiger charge is 2.18. The Bertz CT molecular complexity index is 933. The van der Waals surface area contributed by atoms with E-state index in [0.29, 0.717) is 5.56 Å². The number of anilines is 1. The van der Waals surface area contributed by atoms with Crippen LogP contribution in [0.3, 0.4) is 0 Å². The molecule has 4 nitrogen and oxygen atoms in total. The molecule has 1 aromatic heterocycles. The topological polar surface area (TPSA) is 36.4 Å². The number of aromatic nitrogens is 1. The van der Waals surface area contributed by atoms with Gasteiger partial charge in [-0.25, -0.2) is 0 Å². The van der Waals surface area contributed by atoms with Crippen LogP contribution in [0.15, 0.2) is 67.0 Å². The lowest BCUT2D eigenvalue weighted by molar-refractivity contribution is 0.250. The van der Waals surface area contributed by atoms with Gasteiger partial charge in [-0.1, -0.05) is 23.7 Å². The van der Waals surface area contributed by atoms with E-state index in [-0.39, 0.29) is 0 Å². The molecule has 1 fully saturated rings. The Kier molecular flexibility index (Phi) is 5.70. The van der Waals surface area contributed by atoms with Gasteiger partial charge in [-0.2, -0.15) is 0 Å². The molecule has 4 rings (SSSR count). The molecule has 0 bridgehead atoms. The highest BCUT2D eigenvalue weighted by Crippen LogP contribution is 2.26. The summed E-state index contributed by atoms with van der Waals surface area (Å²) in [5, 5.41) is 0.740. The predicted molar refractivity (Wildman–Crippen MR) is 113 cm³/mol. The van der Waals surface area contributed by atoms with Crippen LogP contribution in [-0.4, -0.2) is 42.3 Å². The average molecular weight is 391 g/mol. The Morgan fingerprint density at radius 3 is 2.32 bits per heavy atom.